The van der Waals surface area contributed by atoms with Gasteiger partial charge in [0.05, 0.1) is 22.0 Å². The zero-order chi connectivity index (χ0) is 19.2. The molecular formula is C16H8ClF4N3OS. The number of amides is 2. The molecule has 1 N–H and O–H groups in total. The number of anilines is 2. The van der Waals surface area contributed by atoms with E-state index in [0.717, 1.165) is 28.0 Å². The summed E-state index contributed by atoms with van der Waals surface area (Å²) >= 11 is 10.6. The highest BCUT2D eigenvalue weighted by Gasteiger charge is 2.42. The van der Waals surface area contributed by atoms with Gasteiger partial charge in [-0.25, -0.2) is 19.0 Å². The predicted octanol–water partition coefficient (Wildman–Crippen LogP) is 5.25. The Bertz CT molecular complexity index is 930. The molecular weight excluding hydrogens is 394 g/mol. The summed E-state index contributed by atoms with van der Waals surface area (Å²) < 4.78 is 52.2. The molecule has 26 heavy (non-hydrogen) atoms. The van der Waals surface area contributed by atoms with Crippen LogP contribution in [-0.4, -0.2) is 16.9 Å². The van der Waals surface area contributed by atoms with Gasteiger partial charge < -0.3 is 0 Å². The van der Waals surface area contributed by atoms with Gasteiger partial charge >= 0.3 is 12.2 Å². The summed E-state index contributed by atoms with van der Waals surface area (Å²) in [4.78, 5) is 14.1. The molecule has 4 nitrogen and oxygen atoms in total. The van der Waals surface area contributed by atoms with Crippen molar-refractivity contribution in [1.82, 2.24) is 0 Å². The molecule has 1 saturated heterocycles. The van der Waals surface area contributed by atoms with E-state index in [1.54, 1.807) is 0 Å². The topological polar surface area (TPSA) is 47.4 Å². The number of benzene rings is 2. The Balaban J connectivity index is 2.04. The van der Waals surface area contributed by atoms with E-state index in [0.29, 0.717) is 6.07 Å². The van der Waals surface area contributed by atoms with Crippen LogP contribution in [0.15, 0.2) is 42.5 Å². The quantitative estimate of drug-likeness (QED) is 0.552. The van der Waals surface area contributed by atoms with Crippen LogP contribution in [0.3, 0.4) is 0 Å². The van der Waals surface area contributed by atoms with E-state index in [9.17, 15) is 22.4 Å². The number of urea groups is 1. The molecule has 2 aromatic carbocycles. The summed E-state index contributed by atoms with van der Waals surface area (Å²) in [6.45, 7) is 0. The maximum atomic E-state index is 13.1. The lowest BCUT2D eigenvalue weighted by atomic mass is 10.2. The minimum atomic E-state index is -4.73. The van der Waals surface area contributed by atoms with Crippen LogP contribution in [0, 0.1) is 11.2 Å². The summed E-state index contributed by atoms with van der Waals surface area (Å²) in [5.74, 6) is -1.00. The van der Waals surface area contributed by atoms with E-state index in [-0.39, 0.29) is 16.4 Å². The van der Waals surface area contributed by atoms with Crippen LogP contribution >= 0.6 is 23.8 Å². The standard InChI is InChI=1S/C16H8ClF4N3OS/c17-12-6-5-10(7-11(12)16(19,20)21)23-13(22)14(26)24(15(23)25)9-3-1-8(18)2-4-9/h1-7,22H. The number of rotatable bonds is 2. The highest BCUT2D eigenvalue weighted by atomic mass is 35.5. The lowest BCUT2D eigenvalue weighted by Crippen LogP contribution is -2.33. The molecule has 1 aliphatic heterocycles. The first-order valence-electron chi connectivity index (χ1n) is 7.00. The molecule has 3 rings (SSSR count). The molecule has 0 saturated carbocycles. The summed E-state index contributed by atoms with van der Waals surface area (Å²) in [7, 11) is 0. The van der Waals surface area contributed by atoms with Crippen LogP contribution in [0.25, 0.3) is 0 Å². The number of hydrogen-bond donors (Lipinski definition) is 1. The van der Waals surface area contributed by atoms with Crippen molar-refractivity contribution in [3.8, 4) is 0 Å². The second-order valence-electron chi connectivity index (χ2n) is 5.25. The first kappa shape index (κ1) is 18.3. The second-order valence-corrected chi connectivity index (χ2v) is 6.04. The van der Waals surface area contributed by atoms with Crippen molar-refractivity contribution in [2.45, 2.75) is 6.18 Å². The molecule has 1 heterocycles. The fourth-order valence-corrected chi connectivity index (χ4v) is 2.91. The first-order valence-corrected chi connectivity index (χ1v) is 7.79. The number of carbonyl (C=O) groups excluding carboxylic acids is 1. The molecule has 0 spiro atoms. The van der Waals surface area contributed by atoms with Crippen molar-refractivity contribution < 1.29 is 22.4 Å². The van der Waals surface area contributed by atoms with Crippen molar-refractivity contribution in [3.63, 3.8) is 0 Å². The number of thiocarbonyl (C=S) groups is 1. The number of nitrogens with one attached hydrogen (secondary N) is 1. The van der Waals surface area contributed by atoms with Crippen molar-refractivity contribution in [1.29, 1.82) is 5.41 Å². The van der Waals surface area contributed by atoms with Crippen LogP contribution in [0.2, 0.25) is 5.02 Å². The number of alkyl halides is 3. The van der Waals surface area contributed by atoms with E-state index >= 15 is 0 Å². The van der Waals surface area contributed by atoms with E-state index < -0.39 is 34.4 Å². The molecule has 10 heteroatoms. The zero-order valence-electron chi connectivity index (χ0n) is 12.6. The number of amidine groups is 1. The van der Waals surface area contributed by atoms with Gasteiger partial charge in [0.15, 0.2) is 10.8 Å². The number of nitrogens with zero attached hydrogens (tertiary/aromatic N) is 2. The van der Waals surface area contributed by atoms with Crippen LogP contribution in [-0.2, 0) is 6.18 Å². The third-order valence-corrected chi connectivity index (χ3v) is 4.32. The van der Waals surface area contributed by atoms with Crippen molar-refractivity contribution in [2.24, 2.45) is 0 Å². The van der Waals surface area contributed by atoms with Gasteiger partial charge in [-0.1, -0.05) is 23.8 Å². The molecule has 2 aromatic rings. The minimum Gasteiger partial charge on any atom is -0.281 e. The van der Waals surface area contributed by atoms with Crippen LogP contribution < -0.4 is 9.80 Å². The zero-order valence-corrected chi connectivity index (χ0v) is 14.2. The van der Waals surface area contributed by atoms with Crippen LogP contribution in [0.5, 0.6) is 0 Å². The minimum absolute atomic E-state index is 0.193. The molecule has 0 radical (unpaired) electrons. The summed E-state index contributed by atoms with van der Waals surface area (Å²) in [6, 6.07) is 6.75. The lowest BCUT2D eigenvalue weighted by Gasteiger charge is -2.19. The number of carbonyl (C=O) groups is 1. The molecule has 1 fully saturated rings. The monoisotopic (exact) mass is 401 g/mol. The molecule has 2 amide bonds. The molecule has 0 aromatic heterocycles. The van der Waals surface area contributed by atoms with Crippen LogP contribution in [0.1, 0.15) is 5.56 Å². The maximum absolute atomic E-state index is 13.1. The molecule has 0 aliphatic carbocycles. The van der Waals surface area contributed by atoms with Gasteiger partial charge in [-0.05, 0) is 42.5 Å². The number of hydrogen-bond acceptors (Lipinski definition) is 3. The Morgan fingerprint density at radius 3 is 2.15 bits per heavy atom. The molecule has 0 unspecified atom stereocenters. The summed E-state index contributed by atoms with van der Waals surface area (Å²) in [5.41, 5.74) is -1.15. The van der Waals surface area contributed by atoms with Crippen LogP contribution in [0.4, 0.5) is 33.7 Å². The smallest absolute Gasteiger partial charge is 0.281 e. The third-order valence-electron chi connectivity index (χ3n) is 3.61. The Hall–Kier alpha value is -2.52. The average Bonchev–Trinajstić information content (AvgIpc) is 2.78. The molecule has 1 aliphatic rings. The Kier molecular flexibility index (Phi) is 4.45. The van der Waals surface area contributed by atoms with Gasteiger partial charge in [-0.2, -0.15) is 13.2 Å². The Morgan fingerprint density at radius 1 is 1.00 bits per heavy atom. The fourth-order valence-electron chi connectivity index (χ4n) is 2.41. The normalized spacial score (nSPS) is 15.2. The molecule has 134 valence electrons. The average molecular weight is 402 g/mol. The van der Waals surface area contributed by atoms with E-state index in [2.05, 4.69) is 0 Å². The van der Waals surface area contributed by atoms with Gasteiger partial charge in [0.2, 0.25) is 0 Å². The summed E-state index contributed by atoms with van der Waals surface area (Å²) in [6.07, 6.45) is -4.73. The summed E-state index contributed by atoms with van der Waals surface area (Å²) in [5, 5.41) is 7.49. The van der Waals surface area contributed by atoms with Crippen molar-refractivity contribution in [3.05, 3.63) is 58.9 Å². The largest absolute Gasteiger partial charge is 0.417 e. The number of halogens is 5. The third kappa shape index (κ3) is 3.04. The highest BCUT2D eigenvalue weighted by molar-refractivity contribution is 7.82. The van der Waals surface area contributed by atoms with Gasteiger partial charge in [0.25, 0.3) is 0 Å². The fraction of sp³-hybridized carbons (Fsp3) is 0.0625. The van der Waals surface area contributed by atoms with E-state index in [4.69, 9.17) is 29.2 Å². The van der Waals surface area contributed by atoms with Gasteiger partial charge in [-0.3, -0.25) is 5.41 Å². The first-order chi connectivity index (χ1) is 12.1. The maximum Gasteiger partial charge on any atom is 0.417 e. The van der Waals surface area contributed by atoms with Gasteiger partial charge in [0, 0.05) is 0 Å². The molecule has 0 atom stereocenters. The van der Waals surface area contributed by atoms with E-state index in [1.807, 2.05) is 0 Å². The van der Waals surface area contributed by atoms with Crippen molar-refractivity contribution in [2.75, 3.05) is 9.80 Å². The SMILES string of the molecule is N=C1C(=S)N(c2ccc(F)cc2)C(=O)N1c1ccc(Cl)c(C(F)(F)F)c1. The Morgan fingerprint density at radius 2 is 1.58 bits per heavy atom. The van der Waals surface area contributed by atoms with Gasteiger partial charge in [0.1, 0.15) is 5.82 Å². The molecule has 0 bridgehead atoms. The van der Waals surface area contributed by atoms with E-state index in [1.165, 1.54) is 18.2 Å². The Labute approximate surface area is 155 Å². The highest BCUT2D eigenvalue weighted by Crippen LogP contribution is 2.38. The predicted molar refractivity (Wildman–Crippen MR) is 93.5 cm³/mol. The van der Waals surface area contributed by atoms with Gasteiger partial charge in [-0.15, -0.1) is 0 Å². The van der Waals surface area contributed by atoms with Crippen molar-refractivity contribution >= 4 is 52.0 Å². The second kappa shape index (κ2) is 6.33. The lowest BCUT2D eigenvalue weighted by molar-refractivity contribution is -0.137.